The van der Waals surface area contributed by atoms with Crippen LogP contribution in [-0.4, -0.2) is 26.5 Å². The number of phenolic OH excluding ortho intramolecular Hbond substituents is 1. The Bertz CT molecular complexity index is 889. The van der Waals surface area contributed by atoms with Gasteiger partial charge in [-0.2, -0.15) is 18.3 Å². The molecular formula is C16H14F3N3O2S. The summed E-state index contributed by atoms with van der Waals surface area (Å²) in [5.74, 6) is 0.209. The van der Waals surface area contributed by atoms with Gasteiger partial charge in [-0.15, -0.1) is 11.3 Å². The largest absolute Gasteiger partial charge is 0.507 e. The standard InChI is InChI=1S/C16H14F3N3O2S/c1-3-24-9-4-5-10(12(23)6-9)14-13(11-7-25-8-20-11)15(16(17,18)19)22(2)21-14/h4-8,23H,3H2,1-2H3. The zero-order valence-electron chi connectivity index (χ0n) is 13.3. The molecule has 1 aromatic carbocycles. The fourth-order valence-corrected chi connectivity index (χ4v) is 3.13. The number of aryl methyl sites for hydroxylation is 1. The number of benzene rings is 1. The lowest BCUT2D eigenvalue weighted by Crippen LogP contribution is -2.13. The number of rotatable bonds is 4. The van der Waals surface area contributed by atoms with E-state index < -0.39 is 11.9 Å². The van der Waals surface area contributed by atoms with Crippen LogP contribution in [0.15, 0.2) is 29.1 Å². The van der Waals surface area contributed by atoms with Crippen molar-refractivity contribution in [3.63, 3.8) is 0 Å². The van der Waals surface area contributed by atoms with Gasteiger partial charge in [-0.1, -0.05) is 0 Å². The first kappa shape index (κ1) is 17.3. The number of ether oxygens (including phenoxy) is 1. The van der Waals surface area contributed by atoms with E-state index in [0.717, 1.165) is 4.68 Å². The van der Waals surface area contributed by atoms with E-state index in [-0.39, 0.29) is 28.3 Å². The number of aromatic hydroxyl groups is 1. The van der Waals surface area contributed by atoms with Crippen molar-refractivity contribution in [2.24, 2.45) is 7.05 Å². The summed E-state index contributed by atoms with van der Waals surface area (Å²) < 4.78 is 46.6. The van der Waals surface area contributed by atoms with Gasteiger partial charge in [-0.05, 0) is 19.1 Å². The molecule has 0 bridgehead atoms. The molecule has 1 N–H and O–H groups in total. The van der Waals surface area contributed by atoms with Crippen LogP contribution in [0.2, 0.25) is 0 Å². The lowest BCUT2D eigenvalue weighted by molar-refractivity contribution is -0.143. The molecular weight excluding hydrogens is 355 g/mol. The fraction of sp³-hybridized carbons (Fsp3) is 0.250. The van der Waals surface area contributed by atoms with Gasteiger partial charge in [0.2, 0.25) is 0 Å². The van der Waals surface area contributed by atoms with Crippen molar-refractivity contribution in [2.45, 2.75) is 13.1 Å². The molecule has 0 unspecified atom stereocenters. The Morgan fingerprint density at radius 2 is 2.08 bits per heavy atom. The highest BCUT2D eigenvalue weighted by Crippen LogP contribution is 2.44. The van der Waals surface area contributed by atoms with E-state index in [9.17, 15) is 18.3 Å². The molecule has 0 fully saturated rings. The Balaban J connectivity index is 2.24. The third-order valence-corrected chi connectivity index (χ3v) is 4.13. The van der Waals surface area contributed by atoms with Crippen LogP contribution in [0.4, 0.5) is 13.2 Å². The zero-order chi connectivity index (χ0) is 18.2. The van der Waals surface area contributed by atoms with E-state index in [2.05, 4.69) is 10.1 Å². The van der Waals surface area contributed by atoms with Gasteiger partial charge >= 0.3 is 6.18 Å². The Hall–Kier alpha value is -2.55. The third-order valence-electron chi connectivity index (χ3n) is 3.54. The molecule has 0 aliphatic rings. The number of nitrogens with zero attached hydrogens (tertiary/aromatic N) is 3. The molecule has 132 valence electrons. The number of hydrogen-bond acceptors (Lipinski definition) is 5. The van der Waals surface area contributed by atoms with Crippen LogP contribution in [0.25, 0.3) is 22.5 Å². The molecule has 0 saturated heterocycles. The number of hydrogen-bond donors (Lipinski definition) is 1. The molecule has 0 saturated carbocycles. The summed E-state index contributed by atoms with van der Waals surface area (Å²) in [7, 11) is 1.22. The number of halogens is 3. The molecule has 0 aliphatic carbocycles. The maximum atomic E-state index is 13.5. The second-order valence-electron chi connectivity index (χ2n) is 5.18. The quantitative estimate of drug-likeness (QED) is 0.743. The average Bonchev–Trinajstić information content (AvgIpc) is 3.14. The average molecular weight is 369 g/mol. The highest BCUT2D eigenvalue weighted by atomic mass is 32.1. The van der Waals surface area contributed by atoms with Crippen molar-refractivity contribution in [3.05, 3.63) is 34.8 Å². The Kier molecular flexibility index (Phi) is 4.42. The Labute approximate surface area is 145 Å². The van der Waals surface area contributed by atoms with Crippen molar-refractivity contribution in [1.29, 1.82) is 0 Å². The minimum Gasteiger partial charge on any atom is -0.507 e. The summed E-state index contributed by atoms with van der Waals surface area (Å²) in [6, 6.07) is 4.41. The number of aromatic nitrogens is 3. The van der Waals surface area contributed by atoms with Crippen molar-refractivity contribution >= 4 is 11.3 Å². The number of alkyl halides is 3. The number of thiazole rings is 1. The van der Waals surface area contributed by atoms with E-state index in [1.165, 1.54) is 41.4 Å². The highest BCUT2D eigenvalue weighted by Gasteiger charge is 2.40. The predicted octanol–water partition coefficient (Wildman–Crippen LogP) is 4.33. The van der Waals surface area contributed by atoms with Crippen molar-refractivity contribution < 1.29 is 23.0 Å². The summed E-state index contributed by atoms with van der Waals surface area (Å²) >= 11 is 1.18. The molecule has 25 heavy (non-hydrogen) atoms. The third kappa shape index (κ3) is 3.19. The second-order valence-corrected chi connectivity index (χ2v) is 5.90. The van der Waals surface area contributed by atoms with Gasteiger partial charge in [0, 0.05) is 24.1 Å². The van der Waals surface area contributed by atoms with Crippen LogP contribution >= 0.6 is 11.3 Å². The monoisotopic (exact) mass is 369 g/mol. The first-order chi connectivity index (χ1) is 11.8. The lowest BCUT2D eigenvalue weighted by atomic mass is 10.0. The van der Waals surface area contributed by atoms with Gasteiger partial charge in [-0.25, -0.2) is 4.98 Å². The summed E-state index contributed by atoms with van der Waals surface area (Å²) in [6.07, 6.45) is -4.61. The van der Waals surface area contributed by atoms with Gasteiger partial charge in [0.05, 0.1) is 23.4 Å². The Morgan fingerprint density at radius 3 is 2.64 bits per heavy atom. The molecule has 0 amide bonds. The smallest absolute Gasteiger partial charge is 0.433 e. The Morgan fingerprint density at radius 1 is 1.32 bits per heavy atom. The van der Waals surface area contributed by atoms with Crippen LogP contribution in [-0.2, 0) is 13.2 Å². The molecule has 3 rings (SSSR count). The van der Waals surface area contributed by atoms with Crippen molar-refractivity contribution in [1.82, 2.24) is 14.8 Å². The molecule has 0 radical (unpaired) electrons. The lowest BCUT2D eigenvalue weighted by Gasteiger charge is -2.10. The van der Waals surface area contributed by atoms with Crippen LogP contribution in [0, 0.1) is 0 Å². The summed E-state index contributed by atoms with van der Waals surface area (Å²) in [5.41, 5.74) is 0.731. The van der Waals surface area contributed by atoms with Gasteiger partial charge in [0.25, 0.3) is 0 Å². The minimum atomic E-state index is -4.61. The van der Waals surface area contributed by atoms with E-state index in [0.29, 0.717) is 12.4 Å². The molecule has 3 aromatic rings. The first-order valence-electron chi connectivity index (χ1n) is 7.31. The van der Waals surface area contributed by atoms with Crippen molar-refractivity contribution in [3.8, 4) is 34.0 Å². The van der Waals surface area contributed by atoms with Crippen LogP contribution in [0.5, 0.6) is 11.5 Å². The topological polar surface area (TPSA) is 60.2 Å². The van der Waals surface area contributed by atoms with Crippen LogP contribution in [0.1, 0.15) is 12.6 Å². The van der Waals surface area contributed by atoms with Crippen molar-refractivity contribution in [2.75, 3.05) is 6.61 Å². The summed E-state index contributed by atoms with van der Waals surface area (Å²) in [6.45, 7) is 2.20. The van der Waals surface area contributed by atoms with E-state index >= 15 is 0 Å². The summed E-state index contributed by atoms with van der Waals surface area (Å²) in [4.78, 5) is 4.00. The maximum Gasteiger partial charge on any atom is 0.433 e. The van der Waals surface area contributed by atoms with Gasteiger partial charge in [0.1, 0.15) is 17.2 Å². The fourth-order valence-electron chi connectivity index (χ4n) is 2.58. The molecule has 0 aliphatic heterocycles. The van der Waals surface area contributed by atoms with E-state index in [4.69, 9.17) is 4.74 Å². The highest BCUT2D eigenvalue weighted by molar-refractivity contribution is 7.07. The molecule has 2 aromatic heterocycles. The number of phenols is 1. The van der Waals surface area contributed by atoms with Crippen LogP contribution < -0.4 is 4.74 Å². The molecule has 9 heteroatoms. The van der Waals surface area contributed by atoms with Gasteiger partial charge in [-0.3, -0.25) is 4.68 Å². The molecule has 5 nitrogen and oxygen atoms in total. The predicted molar refractivity (Wildman–Crippen MR) is 87.6 cm³/mol. The van der Waals surface area contributed by atoms with Crippen LogP contribution in [0.3, 0.4) is 0 Å². The summed E-state index contributed by atoms with van der Waals surface area (Å²) in [5, 5.41) is 15.8. The maximum absolute atomic E-state index is 13.5. The molecule has 0 spiro atoms. The normalized spacial score (nSPS) is 11.7. The van der Waals surface area contributed by atoms with Gasteiger partial charge in [0.15, 0.2) is 5.69 Å². The first-order valence-corrected chi connectivity index (χ1v) is 8.26. The minimum absolute atomic E-state index is 0.0151. The SMILES string of the molecule is CCOc1ccc(-c2nn(C)c(C(F)(F)F)c2-c2cscn2)c(O)c1. The second kappa shape index (κ2) is 6.40. The van der Waals surface area contributed by atoms with E-state index in [1.54, 1.807) is 13.0 Å². The van der Waals surface area contributed by atoms with E-state index in [1.807, 2.05) is 0 Å². The molecule has 0 atom stereocenters. The molecule has 2 heterocycles. The zero-order valence-corrected chi connectivity index (χ0v) is 14.1. The van der Waals surface area contributed by atoms with Gasteiger partial charge < -0.3 is 9.84 Å².